The highest BCUT2D eigenvalue weighted by atomic mass is 79.9. The smallest absolute Gasteiger partial charge is 0.275 e. The Labute approximate surface area is 196 Å². The molecule has 170 valence electrons. The highest BCUT2D eigenvalue weighted by Crippen LogP contribution is 2.34. The minimum atomic E-state index is -0.823. The third-order valence-electron chi connectivity index (χ3n) is 5.98. The number of rotatable bonds is 3. The first kappa shape index (κ1) is 21.6. The first-order valence-electron chi connectivity index (χ1n) is 10.3. The van der Waals surface area contributed by atoms with Crippen LogP contribution in [-0.4, -0.2) is 52.7 Å². The normalized spacial score (nSPS) is 18.0. The maximum Gasteiger partial charge on any atom is 0.275 e. The first-order valence-corrected chi connectivity index (χ1v) is 11.1. The molecule has 0 fully saturated rings. The summed E-state index contributed by atoms with van der Waals surface area (Å²) in [6.45, 7) is 0.172. The van der Waals surface area contributed by atoms with Crippen LogP contribution in [0.2, 0.25) is 0 Å². The Morgan fingerprint density at radius 3 is 2.70 bits per heavy atom. The summed E-state index contributed by atoms with van der Waals surface area (Å²) >= 11 is 3.40. The van der Waals surface area contributed by atoms with Gasteiger partial charge in [-0.25, -0.2) is 8.78 Å². The standard InChI is InChI=1S/C23H19BrF2N4O3/c1-28-18-6-5-14(24)9-20(18)33-12-19(22(28)31)30-8-7-13-10-29(27-21(13)23(30)32)11-15-16(25)3-2-4-17(15)26/h2-6,9-10,19H,7-8,11-12H2,1H3. The van der Waals surface area contributed by atoms with Crippen LogP contribution in [0, 0.1) is 11.6 Å². The lowest BCUT2D eigenvalue weighted by atomic mass is 10.0. The number of likely N-dealkylation sites (N-methyl/N-ethyl adjacent to an activating group) is 1. The minimum Gasteiger partial charge on any atom is -0.489 e. The number of amides is 2. The second-order valence-corrected chi connectivity index (χ2v) is 8.90. The van der Waals surface area contributed by atoms with Crippen molar-refractivity contribution in [2.45, 2.75) is 19.0 Å². The number of hydrogen-bond donors (Lipinski definition) is 0. The number of fused-ring (bicyclic) bond motifs is 2. The lowest BCUT2D eigenvalue weighted by molar-refractivity contribution is -0.123. The molecule has 7 nitrogen and oxygen atoms in total. The van der Waals surface area contributed by atoms with Crippen LogP contribution in [0.4, 0.5) is 14.5 Å². The van der Waals surface area contributed by atoms with Gasteiger partial charge in [0, 0.05) is 35.4 Å². The van der Waals surface area contributed by atoms with E-state index in [1.165, 1.54) is 32.7 Å². The number of carbonyl (C=O) groups is 2. The van der Waals surface area contributed by atoms with E-state index in [4.69, 9.17) is 4.74 Å². The summed E-state index contributed by atoms with van der Waals surface area (Å²) in [7, 11) is 1.65. The predicted molar refractivity (Wildman–Crippen MR) is 119 cm³/mol. The van der Waals surface area contributed by atoms with Crippen LogP contribution in [0.3, 0.4) is 0 Å². The summed E-state index contributed by atoms with van der Waals surface area (Å²) in [4.78, 5) is 29.4. The Balaban J connectivity index is 1.40. The molecule has 1 unspecified atom stereocenters. The molecule has 0 N–H and O–H groups in total. The average Bonchev–Trinajstić information content (AvgIpc) is 3.16. The van der Waals surface area contributed by atoms with Crippen molar-refractivity contribution in [1.29, 1.82) is 0 Å². The molecule has 2 amide bonds. The van der Waals surface area contributed by atoms with E-state index in [1.807, 2.05) is 6.07 Å². The van der Waals surface area contributed by atoms with Crippen molar-refractivity contribution in [2.24, 2.45) is 0 Å². The molecular formula is C23H19BrF2N4O3. The molecule has 5 rings (SSSR count). The van der Waals surface area contributed by atoms with Crippen LogP contribution in [0.25, 0.3) is 0 Å². The molecule has 0 aliphatic carbocycles. The average molecular weight is 517 g/mol. The topological polar surface area (TPSA) is 67.7 Å². The van der Waals surface area contributed by atoms with Gasteiger partial charge in [-0.2, -0.15) is 5.10 Å². The summed E-state index contributed by atoms with van der Waals surface area (Å²) in [6, 6.07) is 8.20. The van der Waals surface area contributed by atoms with Crippen molar-refractivity contribution in [1.82, 2.24) is 14.7 Å². The fourth-order valence-corrected chi connectivity index (χ4v) is 4.55. The maximum atomic E-state index is 14.0. The molecule has 0 saturated heterocycles. The lowest BCUT2D eigenvalue weighted by Gasteiger charge is -2.33. The fourth-order valence-electron chi connectivity index (χ4n) is 4.21. The van der Waals surface area contributed by atoms with Crippen LogP contribution < -0.4 is 9.64 Å². The van der Waals surface area contributed by atoms with E-state index in [0.717, 1.165) is 4.47 Å². The number of hydrogen-bond acceptors (Lipinski definition) is 4. The Morgan fingerprint density at radius 1 is 1.18 bits per heavy atom. The number of anilines is 1. The number of ether oxygens (including phenoxy) is 1. The van der Waals surface area contributed by atoms with Crippen molar-refractivity contribution < 1.29 is 23.1 Å². The van der Waals surface area contributed by atoms with Gasteiger partial charge >= 0.3 is 0 Å². The lowest BCUT2D eigenvalue weighted by Crippen LogP contribution is -2.54. The zero-order chi connectivity index (χ0) is 23.3. The SMILES string of the molecule is CN1C(=O)C(N2CCc3cn(Cc4c(F)cccc4F)nc3C2=O)COc2cc(Br)ccc21. The Hall–Kier alpha value is -3.27. The van der Waals surface area contributed by atoms with Gasteiger partial charge in [0.25, 0.3) is 11.8 Å². The van der Waals surface area contributed by atoms with Crippen molar-refractivity contribution >= 4 is 33.4 Å². The summed E-state index contributed by atoms with van der Waals surface area (Å²) in [5, 5.41) is 4.29. The predicted octanol–water partition coefficient (Wildman–Crippen LogP) is 3.39. The van der Waals surface area contributed by atoms with Gasteiger partial charge in [0.15, 0.2) is 5.69 Å². The van der Waals surface area contributed by atoms with E-state index >= 15 is 0 Å². The monoisotopic (exact) mass is 516 g/mol. The van der Waals surface area contributed by atoms with E-state index in [9.17, 15) is 18.4 Å². The summed E-state index contributed by atoms with van der Waals surface area (Å²) < 4.78 is 36.1. The Kier molecular flexibility index (Phi) is 5.40. The molecule has 1 atom stereocenters. The highest BCUT2D eigenvalue weighted by Gasteiger charge is 2.40. The number of benzene rings is 2. The molecular weight excluding hydrogens is 498 g/mol. The van der Waals surface area contributed by atoms with Crippen LogP contribution in [-0.2, 0) is 17.8 Å². The van der Waals surface area contributed by atoms with E-state index in [2.05, 4.69) is 21.0 Å². The molecule has 3 heterocycles. The first-order chi connectivity index (χ1) is 15.8. The quantitative estimate of drug-likeness (QED) is 0.535. The highest BCUT2D eigenvalue weighted by molar-refractivity contribution is 9.10. The summed E-state index contributed by atoms with van der Waals surface area (Å²) in [5.41, 5.74) is 1.35. The van der Waals surface area contributed by atoms with E-state index in [-0.39, 0.29) is 30.3 Å². The van der Waals surface area contributed by atoms with Gasteiger partial charge in [-0.05, 0) is 36.8 Å². The van der Waals surface area contributed by atoms with Crippen LogP contribution >= 0.6 is 15.9 Å². The molecule has 2 aliphatic rings. The van der Waals surface area contributed by atoms with Crippen molar-refractivity contribution in [3.05, 3.63) is 75.5 Å². The van der Waals surface area contributed by atoms with Gasteiger partial charge in [-0.15, -0.1) is 0 Å². The number of nitrogens with zero attached hydrogens (tertiary/aromatic N) is 4. The summed E-state index contributed by atoms with van der Waals surface area (Å²) in [5.74, 6) is -1.48. The molecule has 33 heavy (non-hydrogen) atoms. The van der Waals surface area contributed by atoms with Crippen LogP contribution in [0.5, 0.6) is 5.75 Å². The third-order valence-corrected chi connectivity index (χ3v) is 6.47. The number of halogens is 3. The molecule has 1 aromatic heterocycles. The van der Waals surface area contributed by atoms with Gasteiger partial charge in [0.05, 0.1) is 12.2 Å². The van der Waals surface area contributed by atoms with Crippen molar-refractivity contribution in [3.8, 4) is 5.75 Å². The molecule has 10 heteroatoms. The molecule has 0 radical (unpaired) electrons. The van der Waals surface area contributed by atoms with Crippen molar-refractivity contribution in [2.75, 3.05) is 25.1 Å². The van der Waals surface area contributed by atoms with Gasteiger partial charge in [-0.1, -0.05) is 22.0 Å². The second-order valence-electron chi connectivity index (χ2n) is 7.99. The Bertz CT molecular complexity index is 1260. The molecule has 0 bridgehead atoms. The fraction of sp³-hybridized carbons (Fsp3) is 0.261. The van der Waals surface area contributed by atoms with Gasteiger partial charge in [-0.3, -0.25) is 14.3 Å². The molecule has 0 spiro atoms. The zero-order valence-corrected chi connectivity index (χ0v) is 19.2. The van der Waals surface area contributed by atoms with E-state index < -0.39 is 23.6 Å². The number of aromatic nitrogens is 2. The van der Waals surface area contributed by atoms with E-state index in [0.29, 0.717) is 30.0 Å². The molecule has 2 aliphatic heterocycles. The minimum absolute atomic E-state index is 0.00878. The number of carbonyl (C=O) groups excluding carboxylic acids is 2. The van der Waals surface area contributed by atoms with Gasteiger partial charge in [0.2, 0.25) is 0 Å². The zero-order valence-electron chi connectivity index (χ0n) is 17.6. The molecule has 0 saturated carbocycles. The second kappa shape index (κ2) is 8.26. The summed E-state index contributed by atoms with van der Waals surface area (Å²) in [6.07, 6.45) is 2.09. The maximum absolute atomic E-state index is 14.0. The molecule has 2 aromatic carbocycles. The van der Waals surface area contributed by atoms with Crippen LogP contribution in [0.15, 0.2) is 47.1 Å². The largest absolute Gasteiger partial charge is 0.489 e. The molecule has 3 aromatic rings. The Morgan fingerprint density at radius 2 is 1.94 bits per heavy atom. The van der Waals surface area contributed by atoms with Crippen LogP contribution in [0.1, 0.15) is 21.6 Å². The van der Waals surface area contributed by atoms with Gasteiger partial charge < -0.3 is 14.5 Å². The van der Waals surface area contributed by atoms with Crippen molar-refractivity contribution in [3.63, 3.8) is 0 Å². The third kappa shape index (κ3) is 3.78. The van der Waals surface area contributed by atoms with E-state index in [1.54, 1.807) is 25.4 Å². The van der Waals surface area contributed by atoms with Gasteiger partial charge in [0.1, 0.15) is 30.0 Å².